The Morgan fingerprint density at radius 1 is 1.55 bits per heavy atom. The summed E-state index contributed by atoms with van der Waals surface area (Å²) in [4.78, 5) is 0.457. The molecule has 0 bridgehead atoms. The van der Waals surface area contributed by atoms with Crippen molar-refractivity contribution in [3.05, 3.63) is 29.3 Å². The van der Waals surface area contributed by atoms with Crippen LogP contribution in [0.2, 0.25) is 0 Å². The number of nitrogens with two attached hydrogens (primary N) is 1. The van der Waals surface area contributed by atoms with Crippen molar-refractivity contribution in [3.8, 4) is 0 Å². The molecule has 1 aromatic rings. The first kappa shape index (κ1) is 15.8. The van der Waals surface area contributed by atoms with Crippen LogP contribution in [0.5, 0.6) is 0 Å². The molecule has 1 heterocycles. The molecule has 1 aliphatic heterocycles. The highest BCUT2D eigenvalue weighted by atomic mass is 32.2. The summed E-state index contributed by atoms with van der Waals surface area (Å²) in [5, 5.41) is 0.379. The molecule has 0 aromatic heterocycles. The maximum atomic E-state index is 12.4. The van der Waals surface area contributed by atoms with Crippen molar-refractivity contribution in [2.24, 2.45) is 5.73 Å². The van der Waals surface area contributed by atoms with E-state index in [1.807, 2.05) is 11.8 Å². The van der Waals surface area contributed by atoms with Gasteiger partial charge in [-0.15, -0.1) is 0 Å². The van der Waals surface area contributed by atoms with Crippen molar-refractivity contribution in [3.63, 3.8) is 0 Å². The standard InChI is InChI=1S/C13H18N2O2S3/c1-9-4-5-10(13(14)18)7-12(9)20(16,17)15-8-11-3-2-6-19-11/h4-5,7,11,15H,2-3,6,8H2,1H3,(H2,14,18). The molecular formula is C13H18N2O2S3. The Labute approximate surface area is 129 Å². The van der Waals surface area contributed by atoms with Gasteiger partial charge in [0.1, 0.15) is 4.99 Å². The predicted octanol–water partition coefficient (Wildman–Crippen LogP) is 1.80. The normalized spacial score (nSPS) is 19.1. The molecule has 1 saturated heterocycles. The van der Waals surface area contributed by atoms with Crippen LogP contribution in [0.3, 0.4) is 0 Å². The van der Waals surface area contributed by atoms with Crippen molar-refractivity contribution in [2.45, 2.75) is 29.9 Å². The highest BCUT2D eigenvalue weighted by Gasteiger charge is 2.21. The Morgan fingerprint density at radius 3 is 2.90 bits per heavy atom. The average Bonchev–Trinajstić information content (AvgIpc) is 2.89. The lowest BCUT2D eigenvalue weighted by molar-refractivity contribution is 0.578. The smallest absolute Gasteiger partial charge is 0.240 e. The molecule has 0 spiro atoms. The summed E-state index contributed by atoms with van der Waals surface area (Å²) in [7, 11) is -3.51. The largest absolute Gasteiger partial charge is 0.389 e. The van der Waals surface area contributed by atoms with Crippen LogP contribution in [0.15, 0.2) is 23.1 Å². The van der Waals surface area contributed by atoms with Crippen molar-refractivity contribution in [1.82, 2.24) is 4.72 Å². The van der Waals surface area contributed by atoms with Gasteiger partial charge in [0.25, 0.3) is 0 Å². The van der Waals surface area contributed by atoms with E-state index in [-0.39, 0.29) is 9.88 Å². The van der Waals surface area contributed by atoms with Crippen LogP contribution >= 0.6 is 24.0 Å². The minimum absolute atomic E-state index is 0.202. The van der Waals surface area contributed by atoms with Crippen molar-refractivity contribution < 1.29 is 8.42 Å². The zero-order valence-corrected chi connectivity index (χ0v) is 13.7. The lowest BCUT2D eigenvalue weighted by Crippen LogP contribution is -2.30. The number of thiocarbonyl (C=S) groups is 1. The van der Waals surface area contributed by atoms with E-state index in [1.54, 1.807) is 25.1 Å². The zero-order chi connectivity index (χ0) is 14.8. The monoisotopic (exact) mass is 330 g/mol. The molecule has 0 amide bonds. The van der Waals surface area contributed by atoms with E-state index >= 15 is 0 Å². The molecular weight excluding hydrogens is 312 g/mol. The van der Waals surface area contributed by atoms with Crippen LogP contribution in [0.1, 0.15) is 24.0 Å². The third-order valence-corrected chi connectivity index (χ3v) is 6.49. The number of benzene rings is 1. The van der Waals surface area contributed by atoms with Crippen molar-refractivity contribution in [1.29, 1.82) is 0 Å². The van der Waals surface area contributed by atoms with Gasteiger partial charge < -0.3 is 5.73 Å². The first-order chi connectivity index (χ1) is 9.40. The van der Waals surface area contributed by atoms with E-state index < -0.39 is 10.0 Å². The van der Waals surface area contributed by atoms with Gasteiger partial charge in [-0.25, -0.2) is 13.1 Å². The number of hydrogen-bond donors (Lipinski definition) is 2. The first-order valence-corrected chi connectivity index (χ1v) is 9.36. The molecule has 1 atom stereocenters. The molecule has 1 aromatic carbocycles. The lowest BCUT2D eigenvalue weighted by Gasteiger charge is -2.13. The molecule has 0 saturated carbocycles. The molecule has 4 nitrogen and oxygen atoms in total. The molecule has 1 aliphatic rings. The van der Waals surface area contributed by atoms with Gasteiger partial charge >= 0.3 is 0 Å². The number of hydrogen-bond acceptors (Lipinski definition) is 4. The summed E-state index contributed by atoms with van der Waals surface area (Å²) in [6, 6.07) is 5.01. The van der Waals surface area contributed by atoms with Crippen LogP contribution in [0.4, 0.5) is 0 Å². The third-order valence-electron chi connectivity index (χ3n) is 3.29. The maximum absolute atomic E-state index is 12.4. The van der Waals surface area contributed by atoms with Crippen molar-refractivity contribution in [2.75, 3.05) is 12.3 Å². The molecule has 7 heteroatoms. The molecule has 110 valence electrons. The van der Waals surface area contributed by atoms with Gasteiger partial charge in [0.15, 0.2) is 0 Å². The average molecular weight is 331 g/mol. The number of rotatable bonds is 5. The predicted molar refractivity (Wildman–Crippen MR) is 87.7 cm³/mol. The summed E-state index contributed by atoms with van der Waals surface area (Å²) < 4.78 is 27.5. The van der Waals surface area contributed by atoms with Gasteiger partial charge in [-0.05, 0) is 37.1 Å². The van der Waals surface area contributed by atoms with Gasteiger partial charge in [0, 0.05) is 17.4 Å². The number of aryl methyl sites for hydroxylation is 1. The number of nitrogens with one attached hydrogen (secondary N) is 1. The summed E-state index contributed by atoms with van der Waals surface area (Å²) in [6.07, 6.45) is 2.23. The minimum Gasteiger partial charge on any atom is -0.389 e. The van der Waals surface area contributed by atoms with Crippen LogP contribution < -0.4 is 10.5 Å². The molecule has 1 unspecified atom stereocenters. The fraction of sp³-hybridized carbons (Fsp3) is 0.462. The number of sulfonamides is 1. The first-order valence-electron chi connectivity index (χ1n) is 6.42. The van der Waals surface area contributed by atoms with Crippen LogP contribution in [0, 0.1) is 6.92 Å². The molecule has 1 fully saturated rings. The maximum Gasteiger partial charge on any atom is 0.240 e. The summed E-state index contributed by atoms with van der Waals surface area (Å²) in [5.41, 5.74) is 6.82. The molecule has 0 radical (unpaired) electrons. The van der Waals surface area contributed by atoms with E-state index in [0.717, 1.165) is 18.6 Å². The van der Waals surface area contributed by atoms with Crippen LogP contribution in [0.25, 0.3) is 0 Å². The third kappa shape index (κ3) is 3.72. The number of thioether (sulfide) groups is 1. The highest BCUT2D eigenvalue weighted by molar-refractivity contribution is 8.00. The Hall–Kier alpha value is -0.630. The summed E-state index contributed by atoms with van der Waals surface area (Å²) in [5.74, 6) is 1.11. The fourth-order valence-electron chi connectivity index (χ4n) is 2.13. The SMILES string of the molecule is Cc1ccc(C(N)=S)cc1S(=O)(=O)NCC1CCCS1. The summed E-state index contributed by atoms with van der Waals surface area (Å²) >= 11 is 6.72. The second-order valence-electron chi connectivity index (χ2n) is 4.83. The van der Waals surface area contributed by atoms with E-state index in [1.165, 1.54) is 0 Å². The Kier molecular flexibility index (Phi) is 5.06. The van der Waals surface area contributed by atoms with Gasteiger partial charge in [-0.3, -0.25) is 0 Å². The second kappa shape index (κ2) is 6.43. The Bertz CT molecular complexity index is 608. The minimum atomic E-state index is -3.51. The quantitative estimate of drug-likeness (QED) is 0.806. The van der Waals surface area contributed by atoms with Gasteiger partial charge in [-0.2, -0.15) is 11.8 Å². The van der Waals surface area contributed by atoms with E-state index in [4.69, 9.17) is 18.0 Å². The molecule has 0 aliphatic carbocycles. The Morgan fingerprint density at radius 2 is 2.30 bits per heavy atom. The molecule has 2 rings (SSSR count). The van der Waals surface area contributed by atoms with Crippen LogP contribution in [-0.2, 0) is 10.0 Å². The highest BCUT2D eigenvalue weighted by Crippen LogP contribution is 2.26. The van der Waals surface area contributed by atoms with Gasteiger partial charge in [0.05, 0.1) is 4.90 Å². The lowest BCUT2D eigenvalue weighted by atomic mass is 10.1. The van der Waals surface area contributed by atoms with Crippen molar-refractivity contribution >= 4 is 39.0 Å². The van der Waals surface area contributed by atoms with Gasteiger partial charge in [0.2, 0.25) is 10.0 Å². The summed E-state index contributed by atoms with van der Waals surface area (Å²) in [6.45, 7) is 2.24. The Balaban J connectivity index is 2.19. The topological polar surface area (TPSA) is 72.2 Å². The van der Waals surface area contributed by atoms with E-state index in [9.17, 15) is 8.42 Å². The molecule has 20 heavy (non-hydrogen) atoms. The zero-order valence-electron chi connectivity index (χ0n) is 11.3. The second-order valence-corrected chi connectivity index (χ2v) is 8.41. The van der Waals surface area contributed by atoms with Crippen LogP contribution in [-0.4, -0.2) is 31.0 Å². The van der Waals surface area contributed by atoms with E-state index in [0.29, 0.717) is 22.9 Å². The van der Waals surface area contributed by atoms with E-state index in [2.05, 4.69) is 4.72 Å². The fourth-order valence-corrected chi connectivity index (χ4v) is 4.91. The molecule has 3 N–H and O–H groups in total. The van der Waals surface area contributed by atoms with Gasteiger partial charge in [-0.1, -0.05) is 24.4 Å².